The molecule has 44 heavy (non-hydrogen) atoms. The van der Waals surface area contributed by atoms with Crippen molar-refractivity contribution in [2.24, 2.45) is 0 Å². The summed E-state index contributed by atoms with van der Waals surface area (Å²) in [6.07, 6.45) is 0. The van der Waals surface area contributed by atoms with Crippen LogP contribution in [0.1, 0.15) is 21.5 Å². The Bertz CT molecular complexity index is 1760. The number of urea groups is 1. The smallest absolute Gasteiger partial charge is 0.323 e. The fourth-order valence-corrected chi connectivity index (χ4v) is 5.42. The molecule has 4 amide bonds. The summed E-state index contributed by atoms with van der Waals surface area (Å²) in [7, 11) is 1.51. The van der Waals surface area contributed by atoms with Crippen molar-refractivity contribution in [2.75, 3.05) is 63.7 Å². The standard InChI is InChI=1S/C31H30N6O7/c1-43-22-7-4-20-17-37(28(40)23(20)16-22)18-31(29(41)34-30(42)35-31)9-8-19-2-5-21(6-3-19)33-25-24(26(38)27(25)39)32-10-11-36-12-14-44-15-13-36/h2-7,16,32-33H,10-15,17-18H2,1H3,(H2,34,35,41,42)/t31-/m1/s1. The van der Waals surface area contributed by atoms with Crippen molar-refractivity contribution in [1.29, 1.82) is 0 Å². The van der Waals surface area contributed by atoms with Crippen molar-refractivity contribution in [3.63, 3.8) is 0 Å². The third-order valence-electron chi connectivity index (χ3n) is 7.88. The summed E-state index contributed by atoms with van der Waals surface area (Å²) >= 11 is 0. The molecule has 1 atom stereocenters. The predicted octanol–water partition coefficient (Wildman–Crippen LogP) is 0.365. The number of anilines is 3. The number of morpholine rings is 1. The number of carbonyl (C=O) groups excluding carboxylic acids is 3. The minimum atomic E-state index is -1.65. The topological polar surface area (TPSA) is 158 Å². The van der Waals surface area contributed by atoms with Crippen LogP contribution in [0.5, 0.6) is 5.75 Å². The average Bonchev–Trinajstić information content (AvgIpc) is 3.50. The number of hydrogen-bond acceptors (Lipinski definition) is 10. The molecule has 0 unspecified atom stereocenters. The van der Waals surface area contributed by atoms with Crippen LogP contribution in [0.15, 0.2) is 52.1 Å². The lowest BCUT2D eigenvalue weighted by atomic mass is 9.99. The molecule has 0 bridgehead atoms. The van der Waals surface area contributed by atoms with Gasteiger partial charge >= 0.3 is 6.03 Å². The van der Waals surface area contributed by atoms with Gasteiger partial charge in [-0.25, -0.2) is 4.79 Å². The van der Waals surface area contributed by atoms with E-state index in [1.54, 1.807) is 42.5 Å². The van der Waals surface area contributed by atoms with Gasteiger partial charge in [0.25, 0.3) is 22.7 Å². The average molecular weight is 599 g/mol. The molecule has 2 fully saturated rings. The van der Waals surface area contributed by atoms with Crippen LogP contribution in [0.4, 0.5) is 21.9 Å². The number of methoxy groups -OCH3 is 1. The number of nitrogens with one attached hydrogen (secondary N) is 4. The van der Waals surface area contributed by atoms with Gasteiger partial charge in [-0.05, 0) is 42.0 Å². The first-order chi connectivity index (χ1) is 21.3. The van der Waals surface area contributed by atoms with Crippen molar-refractivity contribution in [3.05, 3.63) is 79.6 Å². The second-order valence-corrected chi connectivity index (χ2v) is 10.7. The Morgan fingerprint density at radius 1 is 1.00 bits per heavy atom. The fourth-order valence-electron chi connectivity index (χ4n) is 5.42. The number of fused-ring (bicyclic) bond motifs is 1. The number of benzene rings is 2. The Hall–Kier alpha value is -5.19. The highest BCUT2D eigenvalue weighted by molar-refractivity contribution is 6.10. The molecule has 3 aliphatic rings. The molecule has 0 aliphatic carbocycles. The number of hydrogen-bond donors (Lipinski definition) is 4. The van der Waals surface area contributed by atoms with Crippen molar-refractivity contribution in [2.45, 2.75) is 12.1 Å². The van der Waals surface area contributed by atoms with E-state index in [1.807, 2.05) is 0 Å². The monoisotopic (exact) mass is 598 g/mol. The van der Waals surface area contributed by atoms with Gasteiger partial charge in [0.1, 0.15) is 17.1 Å². The van der Waals surface area contributed by atoms with Gasteiger partial charge in [0.2, 0.25) is 5.54 Å². The molecule has 2 saturated heterocycles. The number of ether oxygens (including phenoxy) is 2. The molecule has 226 valence electrons. The summed E-state index contributed by atoms with van der Waals surface area (Å²) in [5.41, 5.74) is 0.00296. The molecule has 3 aliphatic heterocycles. The summed E-state index contributed by atoms with van der Waals surface area (Å²) in [5, 5.41) is 10.9. The highest BCUT2D eigenvalue weighted by Crippen LogP contribution is 2.28. The van der Waals surface area contributed by atoms with E-state index in [0.717, 1.165) is 25.2 Å². The number of nitrogens with zero attached hydrogens (tertiary/aromatic N) is 2. The van der Waals surface area contributed by atoms with Gasteiger partial charge < -0.3 is 30.3 Å². The van der Waals surface area contributed by atoms with Crippen LogP contribution in [0, 0.1) is 11.8 Å². The normalized spacial score (nSPS) is 19.7. The number of carbonyl (C=O) groups is 3. The predicted molar refractivity (Wildman–Crippen MR) is 161 cm³/mol. The van der Waals surface area contributed by atoms with Crippen molar-refractivity contribution < 1.29 is 23.9 Å². The minimum absolute atomic E-state index is 0.154. The van der Waals surface area contributed by atoms with E-state index in [0.29, 0.717) is 42.3 Å². The lowest BCUT2D eigenvalue weighted by molar-refractivity contribution is -0.122. The molecule has 3 aromatic carbocycles. The van der Waals surface area contributed by atoms with E-state index < -0.39 is 28.3 Å². The van der Waals surface area contributed by atoms with Gasteiger partial charge in [0, 0.05) is 49.5 Å². The molecule has 0 aromatic heterocycles. The number of amides is 4. The summed E-state index contributed by atoms with van der Waals surface area (Å²) in [4.78, 5) is 66.3. The van der Waals surface area contributed by atoms with Crippen LogP contribution >= 0.6 is 0 Å². The summed E-state index contributed by atoms with van der Waals surface area (Å²) in [5.74, 6) is 5.40. The molecular weight excluding hydrogens is 568 g/mol. The van der Waals surface area contributed by atoms with Crippen LogP contribution in [-0.2, 0) is 16.1 Å². The van der Waals surface area contributed by atoms with E-state index >= 15 is 0 Å². The highest BCUT2D eigenvalue weighted by Gasteiger charge is 2.48. The van der Waals surface area contributed by atoms with Crippen LogP contribution < -0.4 is 36.9 Å². The van der Waals surface area contributed by atoms with Crippen molar-refractivity contribution in [3.8, 4) is 17.6 Å². The van der Waals surface area contributed by atoms with Gasteiger partial charge in [-0.2, -0.15) is 0 Å². The second kappa shape index (κ2) is 11.8. The maximum absolute atomic E-state index is 13.1. The van der Waals surface area contributed by atoms with Crippen LogP contribution in [0.3, 0.4) is 0 Å². The Kier molecular flexibility index (Phi) is 7.77. The molecule has 3 aromatic rings. The first kappa shape index (κ1) is 28.9. The zero-order chi connectivity index (χ0) is 30.8. The number of imide groups is 1. The van der Waals surface area contributed by atoms with Crippen molar-refractivity contribution >= 4 is 34.9 Å². The van der Waals surface area contributed by atoms with E-state index in [-0.39, 0.29) is 30.4 Å². The summed E-state index contributed by atoms with van der Waals surface area (Å²) in [6.45, 7) is 4.35. The van der Waals surface area contributed by atoms with E-state index in [2.05, 4.69) is 38.0 Å². The number of rotatable bonds is 9. The zero-order valence-corrected chi connectivity index (χ0v) is 24.0. The third-order valence-corrected chi connectivity index (χ3v) is 7.88. The van der Waals surface area contributed by atoms with Crippen LogP contribution in [0.2, 0.25) is 0 Å². The van der Waals surface area contributed by atoms with Crippen LogP contribution in [0.25, 0.3) is 0 Å². The van der Waals surface area contributed by atoms with Gasteiger partial charge in [-0.15, -0.1) is 0 Å². The lowest BCUT2D eigenvalue weighted by Crippen LogP contribution is -2.54. The SMILES string of the molecule is COc1ccc2c(c1)C(=O)N(C[C@@]1(C#Cc3ccc(Nc4c(NCCN5CCOCC5)c(=O)c4=O)cc3)NC(=O)NC1=O)C2. The Balaban J connectivity index is 1.13. The van der Waals surface area contributed by atoms with Gasteiger partial charge in [0.05, 0.1) is 26.9 Å². The second-order valence-electron chi connectivity index (χ2n) is 10.7. The molecule has 0 saturated carbocycles. The Morgan fingerprint density at radius 2 is 1.75 bits per heavy atom. The summed E-state index contributed by atoms with van der Waals surface area (Å²) in [6, 6.07) is 11.2. The van der Waals surface area contributed by atoms with E-state index in [9.17, 15) is 24.0 Å². The maximum atomic E-state index is 13.1. The molecule has 4 N–H and O–H groups in total. The van der Waals surface area contributed by atoms with Crippen LogP contribution in [-0.4, -0.2) is 86.2 Å². The Labute approximate surface area is 252 Å². The molecular formula is C31H30N6O7. The largest absolute Gasteiger partial charge is 0.497 e. The maximum Gasteiger partial charge on any atom is 0.323 e. The molecule has 13 nitrogen and oxygen atoms in total. The summed E-state index contributed by atoms with van der Waals surface area (Å²) < 4.78 is 10.6. The molecule has 0 radical (unpaired) electrons. The van der Waals surface area contributed by atoms with Gasteiger partial charge in [0.15, 0.2) is 0 Å². The molecule has 3 heterocycles. The third kappa shape index (κ3) is 5.60. The Morgan fingerprint density at radius 3 is 2.45 bits per heavy atom. The lowest BCUT2D eigenvalue weighted by Gasteiger charge is -2.27. The quantitative estimate of drug-likeness (QED) is 0.154. The van der Waals surface area contributed by atoms with E-state index in [1.165, 1.54) is 12.0 Å². The first-order valence-corrected chi connectivity index (χ1v) is 14.1. The van der Waals surface area contributed by atoms with E-state index in [4.69, 9.17) is 9.47 Å². The van der Waals surface area contributed by atoms with Crippen molar-refractivity contribution in [1.82, 2.24) is 20.4 Å². The van der Waals surface area contributed by atoms with Gasteiger partial charge in [-0.1, -0.05) is 17.9 Å². The molecule has 0 spiro atoms. The zero-order valence-electron chi connectivity index (χ0n) is 24.0. The minimum Gasteiger partial charge on any atom is -0.497 e. The highest BCUT2D eigenvalue weighted by atomic mass is 16.5. The molecule has 6 rings (SSSR count). The molecule has 13 heteroatoms. The first-order valence-electron chi connectivity index (χ1n) is 14.1. The fraction of sp³-hybridized carbons (Fsp3) is 0.323. The van der Waals surface area contributed by atoms with Gasteiger partial charge in [-0.3, -0.25) is 29.4 Å².